The van der Waals surface area contributed by atoms with E-state index >= 15 is 0 Å². The normalized spacial score (nSPS) is 20.2. The van der Waals surface area contributed by atoms with Gasteiger partial charge in [-0.2, -0.15) is 8.78 Å². The van der Waals surface area contributed by atoms with Crippen molar-refractivity contribution in [3.8, 4) is 5.75 Å². The molecular weight excluding hydrogens is 344 g/mol. The standard InChI is InChI=1S/C18H25F2N3O3/c1-4-23(5-2)17(25)15-10-13(11-22(15)3)21-16(24)12-7-6-8-14(9-12)26-18(19)20/h6-9,13,15,18H,4-5,10-11H2,1-3H3,(H,21,24)/t13-,15-/m0/s1. The van der Waals surface area contributed by atoms with Crippen LogP contribution in [0, 0.1) is 0 Å². The molecule has 26 heavy (non-hydrogen) atoms. The maximum absolute atomic E-state index is 12.6. The van der Waals surface area contributed by atoms with Crippen molar-refractivity contribution >= 4 is 11.8 Å². The summed E-state index contributed by atoms with van der Waals surface area (Å²) in [4.78, 5) is 28.7. The number of nitrogens with zero attached hydrogens (tertiary/aromatic N) is 2. The summed E-state index contributed by atoms with van der Waals surface area (Å²) >= 11 is 0. The molecule has 1 aliphatic rings. The van der Waals surface area contributed by atoms with E-state index < -0.39 is 6.61 Å². The number of ether oxygens (including phenoxy) is 1. The average molecular weight is 369 g/mol. The van der Waals surface area contributed by atoms with Crippen LogP contribution < -0.4 is 10.1 Å². The van der Waals surface area contributed by atoms with Gasteiger partial charge in [0.05, 0.1) is 6.04 Å². The van der Waals surface area contributed by atoms with Crippen molar-refractivity contribution in [1.82, 2.24) is 15.1 Å². The zero-order valence-corrected chi connectivity index (χ0v) is 15.2. The monoisotopic (exact) mass is 369 g/mol. The highest BCUT2D eigenvalue weighted by molar-refractivity contribution is 5.95. The van der Waals surface area contributed by atoms with E-state index in [0.717, 1.165) is 0 Å². The fraction of sp³-hybridized carbons (Fsp3) is 0.556. The number of amides is 2. The van der Waals surface area contributed by atoms with Crippen molar-refractivity contribution in [2.45, 2.75) is 39.0 Å². The van der Waals surface area contributed by atoms with Gasteiger partial charge in [-0.1, -0.05) is 6.07 Å². The molecule has 2 atom stereocenters. The average Bonchev–Trinajstić information content (AvgIpc) is 2.95. The van der Waals surface area contributed by atoms with Crippen molar-refractivity contribution in [3.05, 3.63) is 29.8 Å². The minimum absolute atomic E-state index is 0.0570. The molecule has 0 saturated carbocycles. The fourth-order valence-electron chi connectivity index (χ4n) is 3.22. The van der Waals surface area contributed by atoms with Crippen LogP contribution in [0.4, 0.5) is 8.78 Å². The number of likely N-dealkylation sites (tertiary alicyclic amines) is 1. The molecule has 1 heterocycles. The van der Waals surface area contributed by atoms with Crippen LogP contribution in [-0.2, 0) is 4.79 Å². The number of hydrogen-bond donors (Lipinski definition) is 1. The Balaban J connectivity index is 1.99. The van der Waals surface area contributed by atoms with Crippen LogP contribution in [0.1, 0.15) is 30.6 Å². The summed E-state index contributed by atoms with van der Waals surface area (Å²) in [6, 6.07) is 5.21. The van der Waals surface area contributed by atoms with Crippen LogP contribution in [-0.4, -0.2) is 67.0 Å². The highest BCUT2D eigenvalue weighted by atomic mass is 19.3. The topological polar surface area (TPSA) is 61.9 Å². The van der Waals surface area contributed by atoms with E-state index in [9.17, 15) is 18.4 Å². The number of rotatable bonds is 7. The molecule has 1 aromatic carbocycles. The summed E-state index contributed by atoms with van der Waals surface area (Å²) in [5.74, 6) is -0.383. The maximum atomic E-state index is 12.6. The molecule has 0 aromatic heterocycles. The van der Waals surface area contributed by atoms with Gasteiger partial charge in [0.15, 0.2) is 0 Å². The van der Waals surface area contributed by atoms with Gasteiger partial charge in [0.2, 0.25) is 5.91 Å². The van der Waals surface area contributed by atoms with E-state index in [0.29, 0.717) is 26.1 Å². The third-order valence-electron chi connectivity index (χ3n) is 4.56. The van der Waals surface area contributed by atoms with Gasteiger partial charge in [0, 0.05) is 31.2 Å². The lowest BCUT2D eigenvalue weighted by atomic mass is 10.1. The molecule has 1 N–H and O–H groups in total. The van der Waals surface area contributed by atoms with Crippen LogP contribution in [0.2, 0.25) is 0 Å². The summed E-state index contributed by atoms with van der Waals surface area (Å²) in [6.45, 7) is 2.77. The quantitative estimate of drug-likeness (QED) is 0.798. The number of nitrogens with one attached hydrogen (secondary N) is 1. The highest BCUT2D eigenvalue weighted by Gasteiger charge is 2.36. The predicted octanol–water partition coefficient (Wildman–Crippen LogP) is 1.96. The van der Waals surface area contributed by atoms with E-state index in [4.69, 9.17) is 0 Å². The lowest BCUT2D eigenvalue weighted by molar-refractivity contribution is -0.135. The lowest BCUT2D eigenvalue weighted by Gasteiger charge is -2.26. The number of likely N-dealkylation sites (N-methyl/N-ethyl adjacent to an activating group) is 2. The summed E-state index contributed by atoms with van der Waals surface area (Å²) in [6.07, 6.45) is 0.519. The molecule has 1 aliphatic heterocycles. The second-order valence-corrected chi connectivity index (χ2v) is 6.28. The molecular formula is C18H25F2N3O3. The van der Waals surface area contributed by atoms with Crippen molar-refractivity contribution in [2.75, 3.05) is 26.7 Å². The number of carbonyl (C=O) groups excluding carboxylic acids is 2. The Morgan fingerprint density at radius 1 is 1.35 bits per heavy atom. The number of halogens is 2. The molecule has 0 spiro atoms. The molecule has 144 valence electrons. The Labute approximate surface area is 152 Å². The van der Waals surface area contributed by atoms with E-state index in [-0.39, 0.29) is 35.2 Å². The smallest absolute Gasteiger partial charge is 0.387 e. The molecule has 0 bridgehead atoms. The Morgan fingerprint density at radius 3 is 2.65 bits per heavy atom. The first-order valence-corrected chi connectivity index (χ1v) is 8.70. The van der Waals surface area contributed by atoms with Crippen LogP contribution in [0.15, 0.2) is 24.3 Å². The van der Waals surface area contributed by atoms with Crippen molar-refractivity contribution in [3.63, 3.8) is 0 Å². The second-order valence-electron chi connectivity index (χ2n) is 6.28. The largest absolute Gasteiger partial charge is 0.435 e. The molecule has 1 fully saturated rings. The SMILES string of the molecule is CCN(CC)C(=O)[C@@H]1C[C@H](NC(=O)c2cccc(OC(F)F)c2)CN1C. The molecule has 0 radical (unpaired) electrons. The molecule has 0 aliphatic carbocycles. The molecule has 6 nitrogen and oxygen atoms in total. The Morgan fingerprint density at radius 2 is 2.04 bits per heavy atom. The molecule has 0 unspecified atom stereocenters. The zero-order valence-electron chi connectivity index (χ0n) is 15.2. The van der Waals surface area contributed by atoms with Crippen LogP contribution in [0.5, 0.6) is 5.75 Å². The van der Waals surface area contributed by atoms with E-state index in [1.54, 1.807) is 4.90 Å². The first-order chi connectivity index (χ1) is 12.3. The van der Waals surface area contributed by atoms with Crippen LogP contribution in [0.3, 0.4) is 0 Å². The minimum Gasteiger partial charge on any atom is -0.435 e. The number of carbonyl (C=O) groups is 2. The van der Waals surface area contributed by atoms with Crippen molar-refractivity contribution in [1.29, 1.82) is 0 Å². The van der Waals surface area contributed by atoms with Crippen molar-refractivity contribution in [2.24, 2.45) is 0 Å². The summed E-state index contributed by atoms with van der Waals surface area (Å²) < 4.78 is 28.9. The van der Waals surface area contributed by atoms with Gasteiger partial charge in [-0.05, 0) is 45.5 Å². The number of benzene rings is 1. The van der Waals surface area contributed by atoms with Gasteiger partial charge in [0.25, 0.3) is 5.91 Å². The van der Waals surface area contributed by atoms with E-state index in [1.165, 1.54) is 24.3 Å². The van der Waals surface area contributed by atoms with Gasteiger partial charge in [0.1, 0.15) is 5.75 Å². The summed E-state index contributed by atoms with van der Waals surface area (Å²) in [5, 5.41) is 2.87. The number of hydrogen-bond acceptors (Lipinski definition) is 4. The first-order valence-electron chi connectivity index (χ1n) is 8.70. The third-order valence-corrected chi connectivity index (χ3v) is 4.56. The molecule has 1 saturated heterocycles. The molecule has 8 heteroatoms. The van der Waals surface area contributed by atoms with Crippen LogP contribution in [0.25, 0.3) is 0 Å². The minimum atomic E-state index is -2.94. The third kappa shape index (κ3) is 4.91. The summed E-state index contributed by atoms with van der Waals surface area (Å²) in [5.41, 5.74) is 0.240. The van der Waals surface area contributed by atoms with Gasteiger partial charge >= 0.3 is 6.61 Å². The summed E-state index contributed by atoms with van der Waals surface area (Å²) in [7, 11) is 1.86. The fourth-order valence-corrected chi connectivity index (χ4v) is 3.22. The molecule has 2 rings (SSSR count). The van der Waals surface area contributed by atoms with E-state index in [1.807, 2.05) is 25.8 Å². The van der Waals surface area contributed by atoms with Crippen LogP contribution >= 0.6 is 0 Å². The van der Waals surface area contributed by atoms with Crippen molar-refractivity contribution < 1.29 is 23.1 Å². The van der Waals surface area contributed by atoms with Gasteiger partial charge in [-0.25, -0.2) is 0 Å². The number of alkyl halides is 2. The first kappa shape index (κ1) is 20.1. The van der Waals surface area contributed by atoms with Gasteiger partial charge in [-0.15, -0.1) is 0 Å². The lowest BCUT2D eigenvalue weighted by Crippen LogP contribution is -2.44. The van der Waals surface area contributed by atoms with E-state index in [2.05, 4.69) is 10.1 Å². The Kier molecular flexibility index (Phi) is 6.90. The maximum Gasteiger partial charge on any atom is 0.387 e. The second kappa shape index (κ2) is 8.93. The Bertz CT molecular complexity index is 638. The van der Waals surface area contributed by atoms with Gasteiger partial charge < -0.3 is 15.0 Å². The zero-order chi connectivity index (χ0) is 19.3. The Hall–Kier alpha value is -2.22. The molecule has 1 aromatic rings. The van der Waals surface area contributed by atoms with Gasteiger partial charge in [-0.3, -0.25) is 14.5 Å². The highest BCUT2D eigenvalue weighted by Crippen LogP contribution is 2.20. The predicted molar refractivity (Wildman–Crippen MR) is 93.3 cm³/mol. The molecule has 2 amide bonds.